The summed E-state index contributed by atoms with van der Waals surface area (Å²) in [6, 6.07) is 0.0532. The van der Waals surface area contributed by atoms with E-state index in [0.29, 0.717) is 25.0 Å². The Kier molecular flexibility index (Phi) is 3.48. The topological polar surface area (TPSA) is 62.1 Å². The molecule has 0 spiro atoms. The first-order valence-electron chi connectivity index (χ1n) is 7.06. The summed E-state index contributed by atoms with van der Waals surface area (Å²) in [7, 11) is 1.57. The van der Waals surface area contributed by atoms with Gasteiger partial charge in [-0.3, -0.25) is 9.79 Å². The molecule has 0 radical (unpaired) electrons. The molecule has 3 aliphatic rings. The van der Waals surface area contributed by atoms with Crippen LogP contribution in [-0.2, 0) is 9.53 Å². The lowest BCUT2D eigenvalue weighted by Gasteiger charge is -2.29. The van der Waals surface area contributed by atoms with E-state index in [4.69, 9.17) is 4.74 Å². The summed E-state index contributed by atoms with van der Waals surface area (Å²) in [6.45, 7) is 2.69. The van der Waals surface area contributed by atoms with Crippen molar-refractivity contribution in [3.8, 4) is 0 Å². The van der Waals surface area contributed by atoms with Crippen molar-refractivity contribution >= 4 is 12.1 Å². The number of allylic oxidation sites excluding steroid dienone is 1. The van der Waals surface area contributed by atoms with Crippen LogP contribution in [0.3, 0.4) is 0 Å². The summed E-state index contributed by atoms with van der Waals surface area (Å²) < 4.78 is 5.28. The molecule has 0 bridgehead atoms. The number of methoxy groups -OCH3 is 1. The fourth-order valence-corrected chi connectivity index (χ4v) is 3.18. The van der Waals surface area contributed by atoms with Gasteiger partial charge in [0, 0.05) is 38.3 Å². The molecule has 5 nitrogen and oxygen atoms in total. The highest BCUT2D eigenvalue weighted by Crippen LogP contribution is 2.34. The van der Waals surface area contributed by atoms with E-state index in [1.807, 2.05) is 18.0 Å². The van der Waals surface area contributed by atoms with Crippen LogP contribution in [0.5, 0.6) is 0 Å². The van der Waals surface area contributed by atoms with Crippen LogP contribution >= 0.6 is 0 Å². The molecular formula is C15H20N2O3. The number of hydrogen-bond donors (Lipinski definition) is 1. The van der Waals surface area contributed by atoms with E-state index in [2.05, 4.69) is 11.1 Å². The molecule has 3 unspecified atom stereocenters. The number of ether oxygens (including phenoxy) is 1. The summed E-state index contributed by atoms with van der Waals surface area (Å²) in [4.78, 5) is 19.1. The summed E-state index contributed by atoms with van der Waals surface area (Å²) in [5.41, 5.74) is 2.71. The molecule has 5 heteroatoms. The smallest absolute Gasteiger partial charge is 0.252 e. The van der Waals surface area contributed by atoms with Gasteiger partial charge in [0.25, 0.3) is 5.91 Å². The summed E-state index contributed by atoms with van der Waals surface area (Å²) in [6.07, 6.45) is 4.74. The number of rotatable bonds is 1. The third-order valence-corrected chi connectivity index (χ3v) is 4.46. The Morgan fingerprint density at radius 1 is 1.45 bits per heavy atom. The number of aliphatic imine (C=N–C) groups is 1. The van der Waals surface area contributed by atoms with Crippen LogP contribution in [0.4, 0.5) is 0 Å². The van der Waals surface area contributed by atoms with Gasteiger partial charge in [0.05, 0.1) is 23.9 Å². The molecule has 1 aliphatic carbocycles. The Balaban J connectivity index is 1.92. The molecule has 1 N–H and O–H groups in total. The van der Waals surface area contributed by atoms with Gasteiger partial charge in [0.2, 0.25) is 0 Å². The molecule has 108 valence electrons. The quantitative estimate of drug-likeness (QED) is 0.728. The predicted molar refractivity (Wildman–Crippen MR) is 75.4 cm³/mol. The Labute approximate surface area is 118 Å². The predicted octanol–water partition coefficient (Wildman–Crippen LogP) is 1.04. The molecule has 0 aromatic rings. The van der Waals surface area contributed by atoms with E-state index in [1.165, 1.54) is 5.57 Å². The highest BCUT2D eigenvalue weighted by Gasteiger charge is 2.39. The van der Waals surface area contributed by atoms with Crippen LogP contribution in [-0.4, -0.2) is 54.0 Å². The standard InChI is InChI=1S/C15H20N2O3/c1-3-9-4-10-7-16-12-6-13(18)14(20-2)5-11(12)15(19)17(10)8-9/h3,7,10,13-14,18H,4-6,8H2,1-2H3/b9-3+. The largest absolute Gasteiger partial charge is 0.390 e. The van der Waals surface area contributed by atoms with Crippen molar-refractivity contribution in [3.05, 3.63) is 22.9 Å². The van der Waals surface area contributed by atoms with Crippen LogP contribution in [0.1, 0.15) is 26.2 Å². The zero-order chi connectivity index (χ0) is 14.3. The summed E-state index contributed by atoms with van der Waals surface area (Å²) in [5, 5.41) is 10.0. The van der Waals surface area contributed by atoms with Crippen molar-refractivity contribution in [1.29, 1.82) is 0 Å². The van der Waals surface area contributed by atoms with Crippen LogP contribution in [0.2, 0.25) is 0 Å². The zero-order valence-electron chi connectivity index (χ0n) is 11.9. The second-order valence-electron chi connectivity index (χ2n) is 5.60. The first-order valence-corrected chi connectivity index (χ1v) is 7.06. The number of hydrogen-bond acceptors (Lipinski definition) is 4. The molecule has 3 rings (SSSR count). The second-order valence-corrected chi connectivity index (χ2v) is 5.60. The van der Waals surface area contributed by atoms with Crippen LogP contribution < -0.4 is 0 Å². The van der Waals surface area contributed by atoms with Gasteiger partial charge in [0.15, 0.2) is 0 Å². The maximum atomic E-state index is 12.7. The fraction of sp³-hybridized carbons (Fsp3) is 0.600. The fourth-order valence-electron chi connectivity index (χ4n) is 3.18. The van der Waals surface area contributed by atoms with Gasteiger partial charge in [-0.05, 0) is 13.3 Å². The minimum absolute atomic E-state index is 0.0494. The third-order valence-electron chi connectivity index (χ3n) is 4.46. The van der Waals surface area contributed by atoms with Gasteiger partial charge in [-0.25, -0.2) is 0 Å². The van der Waals surface area contributed by atoms with Crippen LogP contribution in [0, 0.1) is 0 Å². The van der Waals surface area contributed by atoms with E-state index in [-0.39, 0.29) is 18.1 Å². The maximum Gasteiger partial charge on any atom is 0.252 e. The van der Waals surface area contributed by atoms with Gasteiger partial charge in [-0.1, -0.05) is 11.6 Å². The van der Waals surface area contributed by atoms with E-state index in [9.17, 15) is 9.90 Å². The molecule has 2 heterocycles. The molecule has 3 atom stereocenters. The monoisotopic (exact) mass is 276 g/mol. The molecule has 1 fully saturated rings. The Morgan fingerprint density at radius 3 is 2.95 bits per heavy atom. The van der Waals surface area contributed by atoms with Gasteiger partial charge in [-0.15, -0.1) is 0 Å². The molecule has 0 aromatic carbocycles. The number of fused-ring (bicyclic) bond motifs is 1. The van der Waals surface area contributed by atoms with Gasteiger partial charge < -0.3 is 14.7 Å². The highest BCUT2D eigenvalue weighted by molar-refractivity contribution is 5.98. The van der Waals surface area contributed by atoms with Crippen molar-refractivity contribution < 1.29 is 14.6 Å². The number of aliphatic hydroxyl groups is 1. The summed E-state index contributed by atoms with van der Waals surface area (Å²) >= 11 is 0. The van der Waals surface area contributed by atoms with Crippen molar-refractivity contribution in [3.63, 3.8) is 0 Å². The van der Waals surface area contributed by atoms with Crippen molar-refractivity contribution in [2.24, 2.45) is 4.99 Å². The number of carbonyl (C=O) groups excluding carboxylic acids is 1. The molecular weight excluding hydrogens is 256 g/mol. The number of carbonyl (C=O) groups is 1. The number of amides is 1. The zero-order valence-corrected chi connectivity index (χ0v) is 11.9. The molecule has 20 heavy (non-hydrogen) atoms. The normalized spacial score (nSPS) is 35.4. The summed E-state index contributed by atoms with van der Waals surface area (Å²) in [5.74, 6) is 0.0494. The molecule has 1 saturated heterocycles. The molecule has 0 aromatic heterocycles. The highest BCUT2D eigenvalue weighted by atomic mass is 16.5. The average Bonchev–Trinajstić information content (AvgIpc) is 2.83. The van der Waals surface area contributed by atoms with Gasteiger partial charge in [-0.2, -0.15) is 0 Å². The van der Waals surface area contributed by atoms with Crippen molar-refractivity contribution in [2.45, 2.75) is 44.4 Å². The van der Waals surface area contributed by atoms with Gasteiger partial charge in [0.1, 0.15) is 0 Å². The lowest BCUT2D eigenvalue weighted by molar-refractivity contribution is -0.127. The lowest BCUT2D eigenvalue weighted by Crippen LogP contribution is -2.40. The van der Waals surface area contributed by atoms with Crippen molar-refractivity contribution in [2.75, 3.05) is 13.7 Å². The molecule has 2 aliphatic heterocycles. The Morgan fingerprint density at radius 2 is 2.25 bits per heavy atom. The Hall–Kier alpha value is -1.46. The number of nitrogens with zero attached hydrogens (tertiary/aromatic N) is 2. The SMILES string of the molecule is C/C=C1\CC2C=NC3=C(CC(OC)C(O)C3)C(=O)N2C1. The number of aliphatic hydroxyl groups excluding tert-OH is 1. The van der Waals surface area contributed by atoms with E-state index < -0.39 is 6.10 Å². The average molecular weight is 276 g/mol. The molecule has 1 amide bonds. The van der Waals surface area contributed by atoms with E-state index in [1.54, 1.807) is 7.11 Å². The van der Waals surface area contributed by atoms with Crippen molar-refractivity contribution in [1.82, 2.24) is 4.90 Å². The maximum absolute atomic E-state index is 12.7. The third kappa shape index (κ3) is 2.11. The molecule has 0 saturated carbocycles. The second kappa shape index (κ2) is 5.14. The first kappa shape index (κ1) is 13.5. The Bertz CT molecular complexity index is 521. The van der Waals surface area contributed by atoms with E-state index >= 15 is 0 Å². The minimum atomic E-state index is -0.581. The first-order chi connectivity index (χ1) is 9.63. The van der Waals surface area contributed by atoms with Crippen LogP contribution in [0.25, 0.3) is 0 Å². The van der Waals surface area contributed by atoms with Crippen LogP contribution in [0.15, 0.2) is 27.9 Å². The minimum Gasteiger partial charge on any atom is -0.390 e. The van der Waals surface area contributed by atoms with E-state index in [0.717, 1.165) is 12.1 Å². The lowest BCUT2D eigenvalue weighted by atomic mass is 9.91. The van der Waals surface area contributed by atoms with Gasteiger partial charge >= 0.3 is 0 Å².